The number of aliphatic hydroxyl groups is 1. The predicted octanol–water partition coefficient (Wildman–Crippen LogP) is 4.64. The van der Waals surface area contributed by atoms with Gasteiger partial charge in [-0.05, 0) is 35.9 Å². The Balaban J connectivity index is 1.44. The second kappa shape index (κ2) is 10.7. The number of carbonyl (C=O) groups excluding carboxylic acids is 1. The summed E-state index contributed by atoms with van der Waals surface area (Å²) in [6.07, 6.45) is -0.751. The fourth-order valence-electron chi connectivity index (χ4n) is 3.51. The Morgan fingerprint density at radius 3 is 2.61 bits per heavy atom. The third-order valence-corrected chi connectivity index (χ3v) is 5.63. The number of halogens is 2. The van der Waals surface area contributed by atoms with Crippen molar-refractivity contribution in [1.82, 2.24) is 14.9 Å². The van der Waals surface area contributed by atoms with E-state index in [1.807, 2.05) is 59.2 Å². The molecule has 33 heavy (non-hydrogen) atoms. The number of benzene rings is 3. The fraction of sp³-hybridized carbons (Fsp3) is 0.200. The Kier molecular flexibility index (Phi) is 7.50. The Morgan fingerprint density at radius 2 is 1.82 bits per heavy atom. The normalized spacial score (nSPS) is 12.0. The molecule has 0 aliphatic carbocycles. The van der Waals surface area contributed by atoms with E-state index in [0.717, 1.165) is 16.6 Å². The molecule has 3 aromatic carbocycles. The van der Waals surface area contributed by atoms with E-state index in [1.165, 1.54) is 0 Å². The van der Waals surface area contributed by atoms with Crippen molar-refractivity contribution in [3.05, 3.63) is 94.2 Å². The average molecular weight is 484 g/mol. The van der Waals surface area contributed by atoms with Gasteiger partial charge in [-0.15, -0.1) is 0 Å². The first-order valence-electron chi connectivity index (χ1n) is 10.5. The van der Waals surface area contributed by atoms with Crippen molar-refractivity contribution in [3.8, 4) is 5.75 Å². The van der Waals surface area contributed by atoms with Gasteiger partial charge in [0.1, 0.15) is 24.3 Å². The van der Waals surface area contributed by atoms with Crippen LogP contribution in [0.3, 0.4) is 0 Å². The molecule has 0 unspecified atom stereocenters. The van der Waals surface area contributed by atoms with Crippen molar-refractivity contribution in [3.63, 3.8) is 0 Å². The third kappa shape index (κ3) is 6.05. The Hall–Kier alpha value is -3.06. The number of carbonyl (C=O) groups is 1. The molecule has 1 amide bonds. The zero-order valence-corrected chi connectivity index (χ0v) is 19.3. The van der Waals surface area contributed by atoms with Crippen LogP contribution in [0.2, 0.25) is 10.0 Å². The van der Waals surface area contributed by atoms with Gasteiger partial charge in [-0.3, -0.25) is 4.79 Å². The molecule has 1 heterocycles. The number of fused-ring (bicyclic) bond motifs is 1. The second-order valence-electron chi connectivity index (χ2n) is 7.61. The monoisotopic (exact) mass is 483 g/mol. The van der Waals surface area contributed by atoms with Gasteiger partial charge in [-0.1, -0.05) is 65.7 Å². The van der Waals surface area contributed by atoms with Gasteiger partial charge in [0.15, 0.2) is 0 Å². The molecule has 0 saturated carbocycles. The quantitative estimate of drug-likeness (QED) is 0.363. The number of nitrogens with one attached hydrogen (secondary N) is 1. The average Bonchev–Trinajstić information content (AvgIpc) is 3.14. The van der Waals surface area contributed by atoms with Crippen LogP contribution in [0.4, 0.5) is 0 Å². The van der Waals surface area contributed by atoms with E-state index >= 15 is 0 Å². The highest BCUT2D eigenvalue weighted by Crippen LogP contribution is 2.27. The third-order valence-electron chi connectivity index (χ3n) is 5.10. The van der Waals surface area contributed by atoms with Crippen molar-refractivity contribution in [1.29, 1.82) is 0 Å². The molecule has 0 bridgehead atoms. The lowest BCUT2D eigenvalue weighted by Crippen LogP contribution is -2.28. The lowest BCUT2D eigenvalue weighted by molar-refractivity contribution is -0.120. The minimum Gasteiger partial charge on any atom is -0.489 e. The molecular weight excluding hydrogens is 461 g/mol. The maximum Gasteiger partial charge on any atom is 0.227 e. The van der Waals surface area contributed by atoms with Gasteiger partial charge in [-0.25, -0.2) is 4.98 Å². The molecule has 4 aromatic rings. The number of para-hydroxylation sites is 2. The van der Waals surface area contributed by atoms with Crippen LogP contribution >= 0.6 is 23.2 Å². The highest BCUT2D eigenvalue weighted by Gasteiger charge is 2.17. The standard InChI is InChI=1S/C25H23Cl2N3O3/c26-18-10-11-23(20(27)12-18)33-16-19(31)15-30-22-9-5-4-8-21(22)29-24(30)13-25(32)28-14-17-6-2-1-3-7-17/h1-12,19,31H,13-16H2,(H,28,32)/t19-/m0/s1. The summed E-state index contributed by atoms with van der Waals surface area (Å²) in [5.41, 5.74) is 2.62. The van der Waals surface area contributed by atoms with Crippen LogP contribution in [0.15, 0.2) is 72.8 Å². The maximum absolute atomic E-state index is 12.6. The molecule has 0 saturated heterocycles. The molecule has 0 radical (unpaired) electrons. The summed E-state index contributed by atoms with van der Waals surface area (Å²) in [5.74, 6) is 0.871. The number of aromatic nitrogens is 2. The molecular formula is C25H23Cl2N3O3. The summed E-state index contributed by atoms with van der Waals surface area (Å²) in [6, 6.07) is 22.2. The number of aliphatic hydroxyl groups excluding tert-OH is 1. The number of ether oxygens (including phenoxy) is 1. The summed E-state index contributed by atoms with van der Waals surface area (Å²) in [6.45, 7) is 0.679. The molecule has 6 nitrogen and oxygen atoms in total. The molecule has 1 atom stereocenters. The number of nitrogens with zero attached hydrogens (tertiary/aromatic N) is 2. The van der Waals surface area contributed by atoms with Gasteiger partial charge in [0.25, 0.3) is 0 Å². The van der Waals surface area contributed by atoms with Gasteiger partial charge in [0.05, 0.1) is 29.0 Å². The maximum atomic E-state index is 12.6. The van der Waals surface area contributed by atoms with Crippen LogP contribution in [-0.2, 0) is 24.3 Å². The number of amides is 1. The molecule has 1 aromatic heterocycles. The Bertz CT molecular complexity index is 1240. The molecule has 2 N–H and O–H groups in total. The van der Waals surface area contributed by atoms with Crippen LogP contribution in [0.1, 0.15) is 11.4 Å². The van der Waals surface area contributed by atoms with Crippen molar-refractivity contribution in [2.75, 3.05) is 6.61 Å². The van der Waals surface area contributed by atoms with Crippen molar-refractivity contribution >= 4 is 40.1 Å². The molecule has 4 rings (SSSR count). The first-order valence-corrected chi connectivity index (χ1v) is 11.3. The Morgan fingerprint density at radius 1 is 1.06 bits per heavy atom. The van der Waals surface area contributed by atoms with Crippen LogP contribution < -0.4 is 10.1 Å². The van der Waals surface area contributed by atoms with Gasteiger partial charge >= 0.3 is 0 Å². The summed E-state index contributed by atoms with van der Waals surface area (Å²) < 4.78 is 7.53. The van der Waals surface area contributed by atoms with Gasteiger partial charge in [0, 0.05) is 11.6 Å². The van der Waals surface area contributed by atoms with E-state index in [1.54, 1.807) is 18.2 Å². The van der Waals surface area contributed by atoms with Crippen LogP contribution in [0.5, 0.6) is 5.75 Å². The smallest absolute Gasteiger partial charge is 0.227 e. The van der Waals surface area contributed by atoms with Gasteiger partial charge in [0.2, 0.25) is 5.91 Å². The van der Waals surface area contributed by atoms with E-state index < -0.39 is 6.10 Å². The summed E-state index contributed by atoms with van der Waals surface area (Å²) >= 11 is 12.1. The number of hydrogen-bond acceptors (Lipinski definition) is 4. The lowest BCUT2D eigenvalue weighted by atomic mass is 10.2. The minimum atomic E-state index is -0.847. The van der Waals surface area contributed by atoms with E-state index in [-0.39, 0.29) is 25.5 Å². The SMILES string of the molecule is O=C(Cc1nc2ccccc2n1C[C@H](O)COc1ccc(Cl)cc1Cl)NCc1ccccc1. The predicted molar refractivity (Wildman–Crippen MR) is 130 cm³/mol. The highest BCUT2D eigenvalue weighted by atomic mass is 35.5. The van der Waals surface area contributed by atoms with Gasteiger partial charge < -0.3 is 19.7 Å². The summed E-state index contributed by atoms with van der Waals surface area (Å²) in [5, 5.41) is 14.5. The van der Waals surface area contributed by atoms with E-state index in [0.29, 0.717) is 28.2 Å². The Labute approximate surface area is 201 Å². The largest absolute Gasteiger partial charge is 0.489 e. The first kappa shape index (κ1) is 23.1. The summed E-state index contributed by atoms with van der Waals surface area (Å²) in [4.78, 5) is 17.2. The lowest BCUT2D eigenvalue weighted by Gasteiger charge is -2.16. The van der Waals surface area contributed by atoms with E-state index in [4.69, 9.17) is 27.9 Å². The number of hydrogen-bond donors (Lipinski definition) is 2. The molecule has 170 valence electrons. The fourth-order valence-corrected chi connectivity index (χ4v) is 3.97. The molecule has 0 fully saturated rings. The zero-order chi connectivity index (χ0) is 23.2. The first-order chi connectivity index (χ1) is 16.0. The molecule has 0 aliphatic heterocycles. The van der Waals surface area contributed by atoms with E-state index in [9.17, 15) is 9.90 Å². The number of rotatable bonds is 9. The minimum absolute atomic E-state index is 0.0213. The molecule has 8 heteroatoms. The molecule has 0 aliphatic rings. The van der Waals surface area contributed by atoms with Crippen LogP contribution in [0, 0.1) is 0 Å². The van der Waals surface area contributed by atoms with Crippen LogP contribution in [0.25, 0.3) is 11.0 Å². The topological polar surface area (TPSA) is 76.4 Å². The van der Waals surface area contributed by atoms with Crippen molar-refractivity contribution < 1.29 is 14.6 Å². The second-order valence-corrected chi connectivity index (χ2v) is 8.45. The zero-order valence-electron chi connectivity index (χ0n) is 17.7. The highest BCUT2D eigenvalue weighted by molar-refractivity contribution is 6.35. The summed E-state index contributed by atoms with van der Waals surface area (Å²) in [7, 11) is 0. The van der Waals surface area contributed by atoms with E-state index in [2.05, 4.69) is 10.3 Å². The van der Waals surface area contributed by atoms with Crippen molar-refractivity contribution in [2.24, 2.45) is 0 Å². The van der Waals surface area contributed by atoms with Crippen LogP contribution in [-0.4, -0.2) is 33.3 Å². The van der Waals surface area contributed by atoms with Crippen molar-refractivity contribution in [2.45, 2.75) is 25.6 Å². The van der Waals surface area contributed by atoms with Gasteiger partial charge in [-0.2, -0.15) is 0 Å². The number of imidazole rings is 1. The molecule has 0 spiro atoms.